The Morgan fingerprint density at radius 3 is 2.47 bits per heavy atom. The van der Waals surface area contributed by atoms with Gasteiger partial charge in [0, 0.05) is 11.1 Å². The van der Waals surface area contributed by atoms with Crippen LogP contribution in [0.5, 0.6) is 0 Å². The van der Waals surface area contributed by atoms with Gasteiger partial charge in [-0.25, -0.2) is 9.48 Å². The number of nitrogens with zero attached hydrogens (tertiary/aromatic N) is 2. The summed E-state index contributed by atoms with van der Waals surface area (Å²) in [7, 11) is 0. The van der Waals surface area contributed by atoms with E-state index in [1.54, 1.807) is 4.68 Å². The van der Waals surface area contributed by atoms with Crippen molar-refractivity contribution in [3.8, 4) is 16.9 Å². The Hall–Kier alpha value is -3.41. The molecule has 0 aliphatic heterocycles. The van der Waals surface area contributed by atoms with E-state index in [-0.39, 0.29) is 5.92 Å². The minimum atomic E-state index is -1.03. The first-order chi connectivity index (χ1) is 14.5. The zero-order chi connectivity index (χ0) is 21.3. The number of carbonyl (C=O) groups excluding carboxylic acids is 1. The summed E-state index contributed by atoms with van der Waals surface area (Å²) < 4.78 is 1.81. The van der Waals surface area contributed by atoms with Gasteiger partial charge >= 0.3 is 5.97 Å². The normalized spacial score (nSPS) is 13.4. The van der Waals surface area contributed by atoms with Gasteiger partial charge in [-0.15, -0.1) is 0 Å². The lowest BCUT2D eigenvalue weighted by Gasteiger charge is -2.19. The lowest BCUT2D eigenvalue weighted by atomic mass is 9.88. The maximum absolute atomic E-state index is 13.1. The van der Waals surface area contributed by atoms with Crippen molar-refractivity contribution < 1.29 is 14.7 Å². The highest BCUT2D eigenvalue weighted by molar-refractivity contribution is 5.98. The number of amides is 1. The maximum Gasteiger partial charge on any atom is 0.326 e. The largest absolute Gasteiger partial charge is 0.480 e. The minimum absolute atomic E-state index is 0.147. The average Bonchev–Trinajstić information content (AvgIpc) is 3.14. The van der Waals surface area contributed by atoms with E-state index in [1.165, 1.54) is 5.56 Å². The number of carboxylic acids is 1. The molecule has 154 valence electrons. The van der Waals surface area contributed by atoms with Gasteiger partial charge in [0.1, 0.15) is 6.04 Å². The minimum Gasteiger partial charge on any atom is -0.480 e. The van der Waals surface area contributed by atoms with E-state index in [0.717, 1.165) is 28.9 Å². The van der Waals surface area contributed by atoms with Gasteiger partial charge in [0.25, 0.3) is 5.91 Å². The van der Waals surface area contributed by atoms with Crippen LogP contribution in [-0.4, -0.2) is 32.8 Å². The smallest absolute Gasteiger partial charge is 0.326 e. The van der Waals surface area contributed by atoms with Crippen LogP contribution < -0.4 is 5.32 Å². The molecule has 1 unspecified atom stereocenters. The molecule has 0 saturated heterocycles. The lowest BCUT2D eigenvalue weighted by molar-refractivity contribution is -0.139. The number of carbonyl (C=O) groups is 2. The summed E-state index contributed by atoms with van der Waals surface area (Å²) in [6, 6.07) is 16.9. The molecule has 6 nitrogen and oxygen atoms in total. The highest BCUT2D eigenvalue weighted by Crippen LogP contribution is 2.36. The second-order valence-corrected chi connectivity index (χ2v) is 8.07. The van der Waals surface area contributed by atoms with Crippen LogP contribution in [-0.2, 0) is 17.6 Å². The molecule has 0 bridgehead atoms. The summed E-state index contributed by atoms with van der Waals surface area (Å²) in [5, 5.41) is 16.9. The lowest BCUT2D eigenvalue weighted by Crippen LogP contribution is -2.42. The Morgan fingerprint density at radius 2 is 1.77 bits per heavy atom. The van der Waals surface area contributed by atoms with Crippen LogP contribution in [0.3, 0.4) is 0 Å². The van der Waals surface area contributed by atoms with Gasteiger partial charge in [-0.1, -0.05) is 56.3 Å². The topological polar surface area (TPSA) is 84.2 Å². The summed E-state index contributed by atoms with van der Waals surface area (Å²) >= 11 is 0. The average molecular weight is 403 g/mol. The highest BCUT2D eigenvalue weighted by Gasteiger charge is 2.30. The molecule has 1 amide bonds. The molecule has 3 aromatic rings. The van der Waals surface area contributed by atoms with Crippen LogP contribution >= 0.6 is 0 Å². The van der Waals surface area contributed by atoms with Crippen LogP contribution in [0.1, 0.15) is 41.9 Å². The second-order valence-electron chi connectivity index (χ2n) is 8.07. The summed E-state index contributed by atoms with van der Waals surface area (Å²) in [4.78, 5) is 24.8. The molecular weight excluding hydrogens is 378 g/mol. The number of fused-ring (bicyclic) bond motifs is 3. The Kier molecular flexibility index (Phi) is 5.40. The summed E-state index contributed by atoms with van der Waals surface area (Å²) in [6.07, 6.45) is 1.87. The second kappa shape index (κ2) is 8.14. The number of aryl methyl sites for hydroxylation is 1. The van der Waals surface area contributed by atoms with E-state index < -0.39 is 17.9 Å². The standard InChI is InChI=1S/C24H25N3O3/c1-15(2)14-20(24(29)30)25-23(28)21-19-13-12-16-8-6-7-11-18(16)22(19)27(26-21)17-9-4-3-5-10-17/h3-11,15,20H,12-14H2,1-2H3,(H,25,28)(H,29,30). The van der Waals surface area contributed by atoms with Crippen molar-refractivity contribution >= 4 is 11.9 Å². The third kappa shape index (κ3) is 3.73. The Morgan fingerprint density at radius 1 is 1.07 bits per heavy atom. The molecule has 0 fully saturated rings. The molecule has 6 heteroatoms. The van der Waals surface area contributed by atoms with Gasteiger partial charge in [0.2, 0.25) is 0 Å². The molecule has 30 heavy (non-hydrogen) atoms. The number of aliphatic carboxylic acids is 1. The fourth-order valence-corrected chi connectivity index (χ4v) is 4.05. The van der Waals surface area contributed by atoms with E-state index in [9.17, 15) is 14.7 Å². The number of aromatic nitrogens is 2. The van der Waals surface area contributed by atoms with Crippen molar-refractivity contribution in [1.29, 1.82) is 0 Å². The summed E-state index contributed by atoms with van der Waals surface area (Å²) in [5.41, 5.74) is 5.22. The van der Waals surface area contributed by atoms with Crippen LogP contribution in [0.2, 0.25) is 0 Å². The zero-order valence-corrected chi connectivity index (χ0v) is 17.1. The van der Waals surface area contributed by atoms with Gasteiger partial charge in [-0.05, 0) is 42.9 Å². The number of hydrogen-bond donors (Lipinski definition) is 2. The van der Waals surface area contributed by atoms with Crippen LogP contribution in [0.15, 0.2) is 54.6 Å². The summed E-state index contributed by atoms with van der Waals surface area (Å²) in [6.45, 7) is 3.87. The monoisotopic (exact) mass is 403 g/mol. The molecule has 2 aromatic carbocycles. The number of para-hydroxylation sites is 1. The molecule has 1 aliphatic rings. The third-order valence-corrected chi connectivity index (χ3v) is 5.43. The van der Waals surface area contributed by atoms with Gasteiger partial charge in [-0.3, -0.25) is 4.79 Å². The molecule has 1 aliphatic carbocycles. The Bertz CT molecular complexity index is 1090. The fourth-order valence-electron chi connectivity index (χ4n) is 4.05. The van der Waals surface area contributed by atoms with E-state index in [0.29, 0.717) is 18.5 Å². The molecule has 0 radical (unpaired) electrons. The number of hydrogen-bond acceptors (Lipinski definition) is 3. The molecule has 2 N–H and O–H groups in total. The molecule has 0 spiro atoms. The SMILES string of the molecule is CC(C)CC(NC(=O)c1nn(-c2ccccc2)c2c1CCc1ccccc1-2)C(=O)O. The predicted molar refractivity (Wildman–Crippen MR) is 115 cm³/mol. The van der Waals surface area contributed by atoms with E-state index >= 15 is 0 Å². The van der Waals surface area contributed by atoms with Crippen LogP contribution in [0.25, 0.3) is 16.9 Å². The van der Waals surface area contributed by atoms with Crippen molar-refractivity contribution in [2.75, 3.05) is 0 Å². The first-order valence-electron chi connectivity index (χ1n) is 10.2. The molecule has 4 rings (SSSR count). The Labute approximate surface area is 175 Å². The number of rotatable bonds is 6. The molecule has 1 atom stereocenters. The van der Waals surface area contributed by atoms with Gasteiger partial charge in [0.15, 0.2) is 5.69 Å². The number of benzene rings is 2. The van der Waals surface area contributed by atoms with Gasteiger partial charge in [0.05, 0.1) is 11.4 Å². The van der Waals surface area contributed by atoms with Gasteiger partial charge < -0.3 is 10.4 Å². The van der Waals surface area contributed by atoms with Crippen molar-refractivity contribution in [1.82, 2.24) is 15.1 Å². The van der Waals surface area contributed by atoms with Gasteiger partial charge in [-0.2, -0.15) is 5.10 Å². The highest BCUT2D eigenvalue weighted by atomic mass is 16.4. The van der Waals surface area contributed by atoms with Crippen molar-refractivity contribution in [3.05, 3.63) is 71.4 Å². The van der Waals surface area contributed by atoms with Crippen molar-refractivity contribution in [2.24, 2.45) is 5.92 Å². The van der Waals surface area contributed by atoms with E-state index in [1.807, 2.05) is 56.3 Å². The Balaban J connectivity index is 1.80. The number of nitrogens with one attached hydrogen (secondary N) is 1. The summed E-state index contributed by atoms with van der Waals surface area (Å²) in [5.74, 6) is -1.32. The first kappa shape index (κ1) is 19.9. The number of carboxylic acid groups (broad SMARTS) is 1. The van der Waals surface area contributed by atoms with E-state index in [2.05, 4.69) is 22.5 Å². The van der Waals surface area contributed by atoms with Crippen molar-refractivity contribution in [2.45, 2.75) is 39.2 Å². The van der Waals surface area contributed by atoms with Crippen LogP contribution in [0.4, 0.5) is 0 Å². The third-order valence-electron chi connectivity index (χ3n) is 5.43. The molecular formula is C24H25N3O3. The fraction of sp³-hybridized carbons (Fsp3) is 0.292. The maximum atomic E-state index is 13.1. The van der Waals surface area contributed by atoms with Crippen molar-refractivity contribution in [3.63, 3.8) is 0 Å². The zero-order valence-electron chi connectivity index (χ0n) is 17.1. The first-order valence-corrected chi connectivity index (χ1v) is 10.2. The van der Waals surface area contributed by atoms with Crippen LogP contribution in [0, 0.1) is 5.92 Å². The predicted octanol–water partition coefficient (Wildman–Crippen LogP) is 3.87. The molecule has 1 heterocycles. The molecule has 1 aromatic heterocycles. The molecule has 0 saturated carbocycles. The quantitative estimate of drug-likeness (QED) is 0.654. The van der Waals surface area contributed by atoms with E-state index in [4.69, 9.17) is 0 Å².